The maximum Gasteiger partial charge on any atom is 0.0864 e. The zero-order valence-electron chi connectivity index (χ0n) is 12.0. The van der Waals surface area contributed by atoms with E-state index in [1.807, 2.05) is 0 Å². The van der Waals surface area contributed by atoms with Gasteiger partial charge < -0.3 is 14.9 Å². The summed E-state index contributed by atoms with van der Waals surface area (Å²) in [6, 6.07) is 0. The minimum Gasteiger partial charge on any atom is -0.390 e. The molecule has 0 spiro atoms. The summed E-state index contributed by atoms with van der Waals surface area (Å²) in [6.07, 6.45) is 8.20. The fraction of sp³-hybridized carbons (Fsp3) is 1.00. The maximum atomic E-state index is 10.0. The van der Waals surface area contributed by atoms with Crippen LogP contribution in [-0.4, -0.2) is 34.6 Å². The molecule has 0 saturated carbocycles. The van der Waals surface area contributed by atoms with Gasteiger partial charge in [0.15, 0.2) is 0 Å². The lowest BCUT2D eigenvalue weighted by molar-refractivity contribution is -0.0498. The van der Waals surface area contributed by atoms with Gasteiger partial charge >= 0.3 is 0 Å². The van der Waals surface area contributed by atoms with E-state index in [4.69, 9.17) is 4.74 Å². The van der Waals surface area contributed by atoms with Crippen molar-refractivity contribution in [2.24, 2.45) is 0 Å². The highest BCUT2D eigenvalue weighted by molar-refractivity contribution is 4.85. The van der Waals surface area contributed by atoms with Crippen molar-refractivity contribution in [1.82, 2.24) is 0 Å². The lowest BCUT2D eigenvalue weighted by Gasteiger charge is -2.19. The molecule has 1 aliphatic heterocycles. The molecule has 0 aliphatic carbocycles. The average Bonchev–Trinajstić information content (AvgIpc) is 2.72. The first kappa shape index (κ1) is 15.9. The molecule has 1 fully saturated rings. The topological polar surface area (TPSA) is 49.7 Å². The third kappa shape index (κ3) is 5.25. The van der Waals surface area contributed by atoms with Gasteiger partial charge in [0, 0.05) is 6.42 Å². The average molecular weight is 258 g/mol. The van der Waals surface area contributed by atoms with Crippen LogP contribution in [0.3, 0.4) is 0 Å². The molecule has 0 radical (unpaired) electrons. The van der Waals surface area contributed by atoms with E-state index < -0.39 is 6.10 Å². The van der Waals surface area contributed by atoms with E-state index in [2.05, 4.69) is 13.8 Å². The van der Waals surface area contributed by atoms with Crippen molar-refractivity contribution in [2.45, 2.75) is 96.1 Å². The monoisotopic (exact) mass is 258 g/mol. The highest BCUT2D eigenvalue weighted by Gasteiger charge is 2.36. The number of hydrogen-bond donors (Lipinski definition) is 2. The van der Waals surface area contributed by atoms with Crippen LogP contribution in [0.4, 0.5) is 0 Å². The van der Waals surface area contributed by atoms with E-state index in [0.29, 0.717) is 6.42 Å². The molecule has 1 aliphatic rings. The summed E-state index contributed by atoms with van der Waals surface area (Å²) in [4.78, 5) is 0. The number of aliphatic hydroxyl groups excluding tert-OH is 2. The van der Waals surface area contributed by atoms with Crippen LogP contribution >= 0.6 is 0 Å². The second kappa shape index (κ2) is 8.89. The van der Waals surface area contributed by atoms with Crippen molar-refractivity contribution in [3.63, 3.8) is 0 Å². The van der Waals surface area contributed by atoms with Gasteiger partial charge in [0.2, 0.25) is 0 Å². The van der Waals surface area contributed by atoms with Crippen molar-refractivity contribution in [3.05, 3.63) is 0 Å². The Bertz CT molecular complexity index is 208. The van der Waals surface area contributed by atoms with Crippen LogP contribution in [0.15, 0.2) is 0 Å². The van der Waals surface area contributed by atoms with E-state index in [1.54, 1.807) is 0 Å². The third-order valence-electron chi connectivity index (χ3n) is 3.88. The molecule has 1 saturated heterocycles. The summed E-state index contributed by atoms with van der Waals surface area (Å²) in [5, 5.41) is 20.0. The molecule has 1 heterocycles. The Labute approximate surface area is 112 Å². The summed E-state index contributed by atoms with van der Waals surface area (Å²) in [7, 11) is 0. The van der Waals surface area contributed by atoms with Gasteiger partial charge in [0.25, 0.3) is 0 Å². The minimum atomic E-state index is -0.401. The number of unbranched alkanes of at least 4 members (excludes halogenated alkanes) is 4. The van der Waals surface area contributed by atoms with Gasteiger partial charge in [-0.1, -0.05) is 52.4 Å². The Balaban J connectivity index is 2.24. The summed E-state index contributed by atoms with van der Waals surface area (Å²) < 4.78 is 5.81. The van der Waals surface area contributed by atoms with Crippen LogP contribution in [0.1, 0.15) is 71.6 Å². The molecule has 1 rings (SSSR count). The van der Waals surface area contributed by atoms with E-state index in [0.717, 1.165) is 32.1 Å². The van der Waals surface area contributed by atoms with Gasteiger partial charge in [-0.15, -0.1) is 0 Å². The largest absolute Gasteiger partial charge is 0.390 e. The molecule has 3 heteroatoms. The SMILES string of the molecule is CCCCC[C@@H](O)[C@H]1C[C@@H](O)[C@@H](CCCCC)O1. The quantitative estimate of drug-likeness (QED) is 0.625. The third-order valence-corrected chi connectivity index (χ3v) is 3.88. The Kier molecular flexibility index (Phi) is 7.87. The van der Waals surface area contributed by atoms with Crippen molar-refractivity contribution >= 4 is 0 Å². The standard InChI is InChI=1S/C15H30O3/c1-3-5-7-9-12(16)15-11-13(17)14(18-15)10-8-6-4-2/h12-17H,3-11H2,1-2H3/t12-,13-,14-,15-/m1/s1. The summed E-state index contributed by atoms with van der Waals surface area (Å²) in [5.41, 5.74) is 0. The van der Waals surface area contributed by atoms with E-state index in [-0.39, 0.29) is 18.3 Å². The lowest BCUT2D eigenvalue weighted by atomic mass is 10.0. The van der Waals surface area contributed by atoms with Gasteiger partial charge in [0.05, 0.1) is 24.4 Å². The van der Waals surface area contributed by atoms with Gasteiger partial charge in [-0.25, -0.2) is 0 Å². The molecule has 0 amide bonds. The predicted molar refractivity (Wildman–Crippen MR) is 73.6 cm³/mol. The minimum absolute atomic E-state index is 0.0534. The van der Waals surface area contributed by atoms with Crippen molar-refractivity contribution in [1.29, 1.82) is 0 Å². The molecule has 0 aromatic heterocycles. The lowest BCUT2D eigenvalue weighted by Crippen LogP contribution is -2.26. The second-order valence-corrected chi connectivity index (χ2v) is 5.57. The number of rotatable bonds is 9. The van der Waals surface area contributed by atoms with E-state index in [9.17, 15) is 10.2 Å². The molecule has 2 N–H and O–H groups in total. The van der Waals surface area contributed by atoms with E-state index >= 15 is 0 Å². The molecular weight excluding hydrogens is 228 g/mol. The predicted octanol–water partition coefficient (Wildman–Crippen LogP) is 3.03. The normalized spacial score (nSPS) is 29.7. The van der Waals surface area contributed by atoms with Crippen LogP contribution < -0.4 is 0 Å². The first-order valence-corrected chi connectivity index (χ1v) is 7.70. The van der Waals surface area contributed by atoms with Crippen molar-refractivity contribution in [2.75, 3.05) is 0 Å². The molecule has 0 aromatic carbocycles. The fourth-order valence-electron chi connectivity index (χ4n) is 2.65. The van der Waals surface area contributed by atoms with Crippen LogP contribution in [0.5, 0.6) is 0 Å². The highest BCUT2D eigenvalue weighted by atomic mass is 16.5. The van der Waals surface area contributed by atoms with Crippen molar-refractivity contribution < 1.29 is 14.9 Å². The molecule has 0 aromatic rings. The Hall–Kier alpha value is -0.120. The molecule has 0 bridgehead atoms. The van der Waals surface area contributed by atoms with Crippen LogP contribution in [-0.2, 0) is 4.74 Å². The molecule has 3 nitrogen and oxygen atoms in total. The zero-order valence-corrected chi connectivity index (χ0v) is 12.0. The Morgan fingerprint density at radius 1 is 1.11 bits per heavy atom. The van der Waals surface area contributed by atoms with Crippen LogP contribution in [0, 0.1) is 0 Å². The van der Waals surface area contributed by atoms with Crippen LogP contribution in [0.2, 0.25) is 0 Å². The van der Waals surface area contributed by atoms with Gasteiger partial charge in [-0.3, -0.25) is 0 Å². The molecule has 108 valence electrons. The molecular formula is C15H30O3. The van der Waals surface area contributed by atoms with Crippen LogP contribution in [0.25, 0.3) is 0 Å². The first-order valence-electron chi connectivity index (χ1n) is 7.70. The first-order chi connectivity index (χ1) is 8.69. The molecule has 4 atom stereocenters. The van der Waals surface area contributed by atoms with Gasteiger partial charge in [-0.05, 0) is 12.8 Å². The Morgan fingerprint density at radius 2 is 1.78 bits per heavy atom. The summed E-state index contributed by atoms with van der Waals surface area (Å²) in [5.74, 6) is 0. The number of hydrogen-bond acceptors (Lipinski definition) is 3. The summed E-state index contributed by atoms with van der Waals surface area (Å²) in [6.45, 7) is 4.33. The fourth-order valence-corrected chi connectivity index (χ4v) is 2.65. The Morgan fingerprint density at radius 3 is 2.44 bits per heavy atom. The van der Waals surface area contributed by atoms with E-state index in [1.165, 1.54) is 19.3 Å². The zero-order chi connectivity index (χ0) is 13.4. The molecule has 0 unspecified atom stereocenters. The van der Waals surface area contributed by atoms with Gasteiger partial charge in [-0.2, -0.15) is 0 Å². The number of ether oxygens (including phenoxy) is 1. The smallest absolute Gasteiger partial charge is 0.0864 e. The number of aliphatic hydroxyl groups is 2. The second-order valence-electron chi connectivity index (χ2n) is 5.57. The van der Waals surface area contributed by atoms with Crippen molar-refractivity contribution in [3.8, 4) is 0 Å². The summed E-state index contributed by atoms with van der Waals surface area (Å²) >= 11 is 0. The van der Waals surface area contributed by atoms with Gasteiger partial charge in [0.1, 0.15) is 0 Å². The highest BCUT2D eigenvalue weighted by Crippen LogP contribution is 2.28. The maximum absolute atomic E-state index is 10.0. The molecule has 18 heavy (non-hydrogen) atoms.